The summed E-state index contributed by atoms with van der Waals surface area (Å²) in [6.07, 6.45) is -1.67. The maximum atomic E-state index is 10.4. The van der Waals surface area contributed by atoms with Crippen molar-refractivity contribution < 1.29 is 29.5 Å². The second kappa shape index (κ2) is 7.31. The van der Waals surface area contributed by atoms with Crippen LogP contribution in [0.2, 0.25) is 0 Å². The van der Waals surface area contributed by atoms with Crippen LogP contribution in [0.5, 0.6) is 28.7 Å². The van der Waals surface area contributed by atoms with E-state index in [9.17, 15) is 15.3 Å². The van der Waals surface area contributed by atoms with E-state index in [4.69, 9.17) is 14.2 Å². The maximum absolute atomic E-state index is 10.4. The van der Waals surface area contributed by atoms with Crippen LogP contribution in [0.4, 0.5) is 0 Å². The van der Waals surface area contributed by atoms with Crippen LogP contribution in [0.1, 0.15) is 24.2 Å². The summed E-state index contributed by atoms with van der Waals surface area (Å²) in [7, 11) is 3.06. The van der Waals surface area contributed by atoms with Crippen LogP contribution < -0.4 is 14.2 Å². The highest BCUT2D eigenvalue weighted by Crippen LogP contribution is 2.40. The molecule has 0 fully saturated rings. The van der Waals surface area contributed by atoms with E-state index in [-0.39, 0.29) is 11.5 Å². The van der Waals surface area contributed by atoms with Gasteiger partial charge in [0.15, 0.2) is 23.0 Å². The van der Waals surface area contributed by atoms with Crippen LogP contribution in [-0.2, 0) is 0 Å². The van der Waals surface area contributed by atoms with Crippen molar-refractivity contribution in [1.82, 2.24) is 0 Å². The molecule has 2 aromatic rings. The first-order chi connectivity index (χ1) is 11.4. The standard InChI is InChI=1S/C18H22O6/c1-10-7-15(22-3)18(16(8-10)23-4)24-11(2)17(21)12-5-6-13(19)14(20)9-12/h5-9,11,17,19-21H,1-4H3/t11-,17-/m1/s1. The van der Waals surface area contributed by atoms with Crippen molar-refractivity contribution in [3.8, 4) is 28.7 Å². The molecule has 24 heavy (non-hydrogen) atoms. The first-order valence-corrected chi connectivity index (χ1v) is 7.46. The fourth-order valence-electron chi connectivity index (χ4n) is 2.37. The van der Waals surface area contributed by atoms with Crippen molar-refractivity contribution in [3.63, 3.8) is 0 Å². The van der Waals surface area contributed by atoms with Crippen molar-refractivity contribution in [2.24, 2.45) is 0 Å². The first kappa shape index (κ1) is 17.7. The molecule has 0 unspecified atom stereocenters. The molecule has 6 nitrogen and oxygen atoms in total. The van der Waals surface area contributed by atoms with Gasteiger partial charge in [0.1, 0.15) is 12.2 Å². The van der Waals surface area contributed by atoms with E-state index in [1.165, 1.54) is 32.4 Å². The summed E-state index contributed by atoms with van der Waals surface area (Å²) in [5.41, 5.74) is 1.37. The molecule has 6 heteroatoms. The van der Waals surface area contributed by atoms with Gasteiger partial charge in [-0.25, -0.2) is 0 Å². The van der Waals surface area contributed by atoms with Gasteiger partial charge in [-0.2, -0.15) is 0 Å². The van der Waals surface area contributed by atoms with Gasteiger partial charge in [-0.3, -0.25) is 0 Å². The van der Waals surface area contributed by atoms with Crippen molar-refractivity contribution >= 4 is 0 Å². The Bertz CT molecular complexity index is 688. The van der Waals surface area contributed by atoms with Gasteiger partial charge in [0, 0.05) is 0 Å². The minimum atomic E-state index is -1.02. The van der Waals surface area contributed by atoms with E-state index in [1.54, 1.807) is 6.92 Å². The van der Waals surface area contributed by atoms with Crippen molar-refractivity contribution in [2.75, 3.05) is 14.2 Å². The summed E-state index contributed by atoms with van der Waals surface area (Å²) in [6.45, 7) is 3.60. The van der Waals surface area contributed by atoms with Crippen LogP contribution in [0, 0.1) is 6.92 Å². The molecule has 0 saturated carbocycles. The molecule has 2 rings (SSSR count). The lowest BCUT2D eigenvalue weighted by Gasteiger charge is -2.23. The van der Waals surface area contributed by atoms with E-state index < -0.39 is 12.2 Å². The SMILES string of the molecule is COc1cc(C)cc(OC)c1O[C@H](C)[C@@H](O)c1ccc(O)c(O)c1. The molecule has 0 amide bonds. The summed E-state index contributed by atoms with van der Waals surface area (Å²) in [4.78, 5) is 0. The van der Waals surface area contributed by atoms with Gasteiger partial charge in [-0.1, -0.05) is 6.07 Å². The van der Waals surface area contributed by atoms with E-state index in [1.807, 2.05) is 19.1 Å². The summed E-state index contributed by atoms with van der Waals surface area (Å²) in [6, 6.07) is 7.74. The Morgan fingerprint density at radius 2 is 1.50 bits per heavy atom. The molecule has 0 radical (unpaired) electrons. The average Bonchev–Trinajstić information content (AvgIpc) is 2.57. The number of phenolic OH excluding ortho intramolecular Hbond substituents is 2. The fourth-order valence-corrected chi connectivity index (χ4v) is 2.37. The lowest BCUT2D eigenvalue weighted by Crippen LogP contribution is -2.22. The number of ether oxygens (including phenoxy) is 3. The van der Waals surface area contributed by atoms with E-state index in [0.717, 1.165) is 5.56 Å². The third-order valence-electron chi connectivity index (χ3n) is 3.69. The van der Waals surface area contributed by atoms with E-state index >= 15 is 0 Å². The number of aliphatic hydroxyl groups is 1. The van der Waals surface area contributed by atoms with E-state index in [0.29, 0.717) is 22.8 Å². The summed E-state index contributed by atoms with van der Waals surface area (Å²) in [5.74, 6) is 0.838. The largest absolute Gasteiger partial charge is 0.504 e. The zero-order valence-electron chi connectivity index (χ0n) is 14.1. The zero-order valence-corrected chi connectivity index (χ0v) is 14.1. The smallest absolute Gasteiger partial charge is 0.203 e. The molecule has 3 N–H and O–H groups in total. The van der Waals surface area contributed by atoms with Crippen LogP contribution in [0.3, 0.4) is 0 Å². The number of aliphatic hydroxyl groups excluding tert-OH is 1. The molecule has 0 aliphatic heterocycles. The lowest BCUT2D eigenvalue weighted by molar-refractivity contribution is 0.0433. The molecule has 0 aliphatic rings. The number of methoxy groups -OCH3 is 2. The van der Waals surface area contributed by atoms with Gasteiger partial charge in [0.05, 0.1) is 14.2 Å². The number of aromatic hydroxyl groups is 2. The molecule has 130 valence electrons. The Morgan fingerprint density at radius 3 is 2.00 bits per heavy atom. The fraction of sp³-hybridized carbons (Fsp3) is 0.333. The molecule has 0 aliphatic carbocycles. The molecule has 2 aromatic carbocycles. The first-order valence-electron chi connectivity index (χ1n) is 7.46. The number of hydrogen-bond donors (Lipinski definition) is 3. The Hall–Kier alpha value is -2.60. The Balaban J connectivity index is 2.28. The van der Waals surface area contributed by atoms with Crippen LogP contribution in [0.15, 0.2) is 30.3 Å². The predicted octanol–water partition coefficient (Wildman–Crippen LogP) is 2.92. The summed E-state index contributed by atoms with van der Waals surface area (Å²) in [5, 5.41) is 29.4. The molecule has 0 saturated heterocycles. The molecule has 2 atom stereocenters. The Kier molecular flexibility index (Phi) is 5.41. The van der Waals surface area contributed by atoms with Crippen molar-refractivity contribution in [3.05, 3.63) is 41.5 Å². The molecule has 0 spiro atoms. The average molecular weight is 334 g/mol. The number of hydrogen-bond acceptors (Lipinski definition) is 6. The zero-order chi connectivity index (χ0) is 17.9. The van der Waals surface area contributed by atoms with E-state index in [2.05, 4.69) is 0 Å². The maximum Gasteiger partial charge on any atom is 0.203 e. The number of aryl methyl sites for hydroxylation is 1. The van der Waals surface area contributed by atoms with Gasteiger partial charge in [-0.05, 0) is 49.2 Å². The quantitative estimate of drug-likeness (QED) is 0.704. The molecular weight excluding hydrogens is 312 g/mol. The summed E-state index contributed by atoms with van der Waals surface area (Å²) < 4.78 is 16.5. The number of phenols is 2. The van der Waals surface area contributed by atoms with Gasteiger partial charge < -0.3 is 29.5 Å². The van der Waals surface area contributed by atoms with Gasteiger partial charge in [0.2, 0.25) is 5.75 Å². The Morgan fingerprint density at radius 1 is 0.917 bits per heavy atom. The van der Waals surface area contributed by atoms with Gasteiger partial charge in [0.25, 0.3) is 0 Å². The predicted molar refractivity (Wildman–Crippen MR) is 89.1 cm³/mol. The normalized spacial score (nSPS) is 13.2. The lowest BCUT2D eigenvalue weighted by atomic mass is 10.0. The second-order valence-electron chi connectivity index (χ2n) is 5.51. The highest BCUT2D eigenvalue weighted by Gasteiger charge is 2.23. The number of benzene rings is 2. The monoisotopic (exact) mass is 334 g/mol. The highest BCUT2D eigenvalue weighted by molar-refractivity contribution is 5.53. The minimum absolute atomic E-state index is 0.249. The molecule has 0 bridgehead atoms. The van der Waals surface area contributed by atoms with Crippen LogP contribution in [-0.4, -0.2) is 35.6 Å². The molecular formula is C18H22O6. The molecule has 0 aromatic heterocycles. The van der Waals surface area contributed by atoms with Crippen molar-refractivity contribution in [2.45, 2.75) is 26.1 Å². The third-order valence-corrected chi connectivity index (χ3v) is 3.69. The number of rotatable bonds is 6. The van der Waals surface area contributed by atoms with Crippen LogP contribution >= 0.6 is 0 Å². The van der Waals surface area contributed by atoms with Gasteiger partial charge >= 0.3 is 0 Å². The third kappa shape index (κ3) is 3.65. The molecule has 0 heterocycles. The topological polar surface area (TPSA) is 88.4 Å². The minimum Gasteiger partial charge on any atom is -0.504 e. The van der Waals surface area contributed by atoms with Crippen LogP contribution in [0.25, 0.3) is 0 Å². The highest BCUT2D eigenvalue weighted by atomic mass is 16.5. The Labute approximate surface area is 140 Å². The van der Waals surface area contributed by atoms with Crippen molar-refractivity contribution in [1.29, 1.82) is 0 Å². The van der Waals surface area contributed by atoms with Gasteiger partial charge in [-0.15, -0.1) is 0 Å². The summed E-state index contributed by atoms with van der Waals surface area (Å²) >= 11 is 0. The second-order valence-corrected chi connectivity index (χ2v) is 5.51.